The van der Waals surface area contributed by atoms with E-state index < -0.39 is 0 Å². The highest BCUT2D eigenvalue weighted by molar-refractivity contribution is 5.79. The van der Waals surface area contributed by atoms with E-state index in [0.29, 0.717) is 6.42 Å². The van der Waals surface area contributed by atoms with Crippen LogP contribution in [0.3, 0.4) is 0 Å². The lowest BCUT2D eigenvalue weighted by molar-refractivity contribution is -0.129. The number of nitrogens with zero attached hydrogens (tertiary/aromatic N) is 5. The van der Waals surface area contributed by atoms with Crippen molar-refractivity contribution in [1.29, 1.82) is 0 Å². The molecule has 4 heterocycles. The van der Waals surface area contributed by atoms with Crippen LogP contribution in [0, 0.1) is 0 Å². The zero-order chi connectivity index (χ0) is 15.7. The summed E-state index contributed by atoms with van der Waals surface area (Å²) in [7, 11) is 0. The molecule has 2 aliphatic rings. The Hall–Kier alpha value is -2.50. The number of carbonyl (C=O) groups is 1. The first-order chi connectivity index (χ1) is 11.3. The molecule has 4 rings (SSSR count). The first-order valence-corrected chi connectivity index (χ1v) is 7.99. The molecule has 23 heavy (non-hydrogen) atoms. The summed E-state index contributed by atoms with van der Waals surface area (Å²) in [5.74, 6) is 0.930. The fourth-order valence-corrected chi connectivity index (χ4v) is 3.55. The predicted octanol–water partition coefficient (Wildman–Crippen LogP) is 1.30. The second kappa shape index (κ2) is 5.61. The fraction of sp³-hybridized carbons (Fsp3) is 0.412. The normalized spacial score (nSPS) is 23.1. The van der Waals surface area contributed by atoms with Crippen LogP contribution in [0.4, 0.5) is 5.95 Å². The van der Waals surface area contributed by atoms with Crippen LogP contribution in [0.5, 0.6) is 0 Å². The number of anilines is 1. The molecular weight excluding hydrogens is 290 g/mol. The Morgan fingerprint density at radius 2 is 1.83 bits per heavy atom. The predicted molar refractivity (Wildman–Crippen MR) is 85.9 cm³/mol. The number of carbonyl (C=O) groups excluding carboxylic acids is 1. The molecule has 0 bridgehead atoms. The van der Waals surface area contributed by atoms with Gasteiger partial charge in [-0.2, -0.15) is 0 Å². The summed E-state index contributed by atoms with van der Waals surface area (Å²) in [6.45, 7) is 2.53. The molecule has 6 heteroatoms. The van der Waals surface area contributed by atoms with Crippen molar-refractivity contribution in [1.82, 2.24) is 19.9 Å². The molecule has 0 saturated carbocycles. The van der Waals surface area contributed by atoms with Crippen molar-refractivity contribution in [2.24, 2.45) is 0 Å². The van der Waals surface area contributed by atoms with Crippen molar-refractivity contribution >= 4 is 11.9 Å². The van der Waals surface area contributed by atoms with Crippen LogP contribution in [-0.2, 0) is 11.2 Å². The summed E-state index contributed by atoms with van der Waals surface area (Å²) in [4.78, 5) is 29.7. The van der Waals surface area contributed by atoms with Crippen molar-refractivity contribution in [3.05, 3.63) is 48.5 Å². The molecular formula is C17H19N5O. The van der Waals surface area contributed by atoms with Crippen LogP contribution < -0.4 is 4.90 Å². The van der Waals surface area contributed by atoms with Crippen LogP contribution in [-0.4, -0.2) is 50.9 Å². The van der Waals surface area contributed by atoms with Crippen LogP contribution in [0.2, 0.25) is 0 Å². The summed E-state index contributed by atoms with van der Waals surface area (Å²) in [5, 5.41) is 0. The summed E-state index contributed by atoms with van der Waals surface area (Å²) in [6.07, 6.45) is 7.73. The highest BCUT2D eigenvalue weighted by Crippen LogP contribution is 2.40. The lowest BCUT2D eigenvalue weighted by atomic mass is 9.84. The molecule has 0 aliphatic carbocycles. The Kier molecular flexibility index (Phi) is 3.44. The van der Waals surface area contributed by atoms with Gasteiger partial charge in [-0.15, -0.1) is 0 Å². The molecule has 2 aromatic heterocycles. The van der Waals surface area contributed by atoms with E-state index in [1.807, 2.05) is 29.2 Å². The first-order valence-electron chi connectivity index (χ1n) is 7.99. The van der Waals surface area contributed by atoms with Gasteiger partial charge in [0, 0.05) is 43.9 Å². The molecule has 2 aromatic rings. The molecule has 0 N–H and O–H groups in total. The smallest absolute Gasteiger partial charge is 0.228 e. The Bertz CT molecular complexity index is 693. The minimum atomic E-state index is 0.0289. The highest BCUT2D eigenvalue weighted by Gasteiger charge is 2.51. The van der Waals surface area contributed by atoms with E-state index in [4.69, 9.17) is 0 Å². The van der Waals surface area contributed by atoms with Crippen molar-refractivity contribution in [3.8, 4) is 0 Å². The quantitative estimate of drug-likeness (QED) is 0.855. The van der Waals surface area contributed by atoms with Gasteiger partial charge in [0.2, 0.25) is 11.9 Å². The van der Waals surface area contributed by atoms with Gasteiger partial charge >= 0.3 is 0 Å². The monoisotopic (exact) mass is 309 g/mol. The minimum absolute atomic E-state index is 0.0289. The van der Waals surface area contributed by atoms with E-state index in [0.717, 1.165) is 44.1 Å². The van der Waals surface area contributed by atoms with Gasteiger partial charge in [-0.25, -0.2) is 9.97 Å². The van der Waals surface area contributed by atoms with Gasteiger partial charge in [-0.3, -0.25) is 9.78 Å². The second-order valence-corrected chi connectivity index (χ2v) is 6.24. The fourth-order valence-electron chi connectivity index (χ4n) is 3.55. The summed E-state index contributed by atoms with van der Waals surface area (Å²) < 4.78 is 0. The molecule has 1 unspecified atom stereocenters. The van der Waals surface area contributed by atoms with Gasteiger partial charge in [0.25, 0.3) is 0 Å². The zero-order valence-corrected chi connectivity index (χ0v) is 12.9. The van der Waals surface area contributed by atoms with Gasteiger partial charge in [-0.1, -0.05) is 6.07 Å². The standard InChI is InChI=1S/C17H19N5O/c23-15(12-14-4-1-2-7-18-14)21-10-5-17(13-21)6-11-22(17)16-19-8-3-9-20-16/h1-4,7-9H,5-6,10-13H2. The summed E-state index contributed by atoms with van der Waals surface area (Å²) in [6, 6.07) is 7.51. The number of pyridine rings is 1. The average Bonchev–Trinajstić information content (AvgIpc) is 3.04. The van der Waals surface area contributed by atoms with Crippen molar-refractivity contribution in [2.45, 2.75) is 24.8 Å². The molecule has 1 atom stereocenters. The lowest BCUT2D eigenvalue weighted by Crippen LogP contribution is -2.62. The molecule has 1 amide bonds. The maximum atomic E-state index is 12.5. The lowest BCUT2D eigenvalue weighted by Gasteiger charge is -2.50. The van der Waals surface area contributed by atoms with Crippen molar-refractivity contribution < 1.29 is 4.79 Å². The third-order valence-corrected chi connectivity index (χ3v) is 4.91. The van der Waals surface area contributed by atoms with E-state index in [2.05, 4.69) is 19.9 Å². The van der Waals surface area contributed by atoms with Gasteiger partial charge in [0.15, 0.2) is 0 Å². The molecule has 0 aromatic carbocycles. The van der Waals surface area contributed by atoms with Crippen LogP contribution >= 0.6 is 0 Å². The van der Waals surface area contributed by atoms with Crippen molar-refractivity contribution in [3.63, 3.8) is 0 Å². The molecule has 2 fully saturated rings. The van der Waals surface area contributed by atoms with E-state index in [-0.39, 0.29) is 11.4 Å². The zero-order valence-electron chi connectivity index (χ0n) is 12.9. The van der Waals surface area contributed by atoms with E-state index in [9.17, 15) is 4.79 Å². The Morgan fingerprint density at radius 3 is 2.52 bits per heavy atom. The van der Waals surface area contributed by atoms with E-state index in [1.54, 1.807) is 18.6 Å². The Morgan fingerprint density at radius 1 is 1.04 bits per heavy atom. The third-order valence-electron chi connectivity index (χ3n) is 4.91. The largest absolute Gasteiger partial charge is 0.340 e. The van der Waals surface area contributed by atoms with Crippen LogP contribution in [0.25, 0.3) is 0 Å². The van der Waals surface area contributed by atoms with Gasteiger partial charge in [0.05, 0.1) is 12.0 Å². The highest BCUT2D eigenvalue weighted by atomic mass is 16.2. The van der Waals surface area contributed by atoms with Gasteiger partial charge in [0.1, 0.15) is 0 Å². The summed E-state index contributed by atoms with van der Waals surface area (Å²) in [5.41, 5.74) is 0.858. The molecule has 2 aliphatic heterocycles. The maximum Gasteiger partial charge on any atom is 0.228 e. The summed E-state index contributed by atoms with van der Waals surface area (Å²) >= 11 is 0. The number of rotatable bonds is 3. The number of hydrogen-bond acceptors (Lipinski definition) is 5. The third kappa shape index (κ3) is 2.54. The number of aromatic nitrogens is 3. The van der Waals surface area contributed by atoms with Crippen LogP contribution in [0.1, 0.15) is 18.5 Å². The Labute approximate surface area is 135 Å². The Balaban J connectivity index is 1.44. The molecule has 118 valence electrons. The molecule has 2 saturated heterocycles. The molecule has 1 spiro atoms. The number of amides is 1. The average molecular weight is 309 g/mol. The van der Waals surface area contributed by atoms with E-state index >= 15 is 0 Å². The first kappa shape index (κ1) is 14.1. The molecule has 0 radical (unpaired) electrons. The van der Waals surface area contributed by atoms with E-state index in [1.165, 1.54) is 0 Å². The SMILES string of the molecule is O=C(Cc1ccccn1)N1CCC2(CCN2c2ncccn2)C1. The topological polar surface area (TPSA) is 62.2 Å². The second-order valence-electron chi connectivity index (χ2n) is 6.24. The van der Waals surface area contributed by atoms with Gasteiger partial charge in [-0.05, 0) is 31.0 Å². The maximum absolute atomic E-state index is 12.5. The number of likely N-dealkylation sites (tertiary alicyclic amines) is 1. The number of hydrogen-bond donors (Lipinski definition) is 0. The van der Waals surface area contributed by atoms with Crippen LogP contribution in [0.15, 0.2) is 42.9 Å². The van der Waals surface area contributed by atoms with Crippen molar-refractivity contribution in [2.75, 3.05) is 24.5 Å². The van der Waals surface area contributed by atoms with Gasteiger partial charge < -0.3 is 9.80 Å². The minimum Gasteiger partial charge on any atom is -0.340 e. The molecule has 6 nitrogen and oxygen atoms in total.